The number of aliphatic hydroxyl groups excluding tert-OH is 1. The minimum Gasteiger partial charge on any atom is -0.391 e. The molecule has 0 saturated carbocycles. The number of likely N-dealkylation sites (N-methyl/N-ethyl adjacent to an activating group) is 1. The van der Waals surface area contributed by atoms with Crippen LogP contribution >= 0.6 is 0 Å². The van der Waals surface area contributed by atoms with Gasteiger partial charge < -0.3 is 10.4 Å². The Balaban J connectivity index is 2.00. The minimum absolute atomic E-state index is 0.0984. The van der Waals surface area contributed by atoms with Crippen LogP contribution in [0.15, 0.2) is 0 Å². The molecule has 0 aromatic heterocycles. The highest BCUT2D eigenvalue weighted by Crippen LogP contribution is 2.26. The van der Waals surface area contributed by atoms with Gasteiger partial charge in [0.25, 0.3) is 0 Å². The number of hydrogen-bond donors (Lipinski definition) is 2. The number of piperidine rings is 1. The third kappa shape index (κ3) is 1.37. The molecule has 2 aliphatic rings. The van der Waals surface area contributed by atoms with Gasteiger partial charge in [0, 0.05) is 18.6 Å². The highest BCUT2D eigenvalue weighted by molar-refractivity contribution is 4.93. The summed E-state index contributed by atoms with van der Waals surface area (Å²) in [6.45, 7) is 2.30. The monoisotopic (exact) mass is 170 g/mol. The zero-order valence-corrected chi connectivity index (χ0v) is 7.66. The summed E-state index contributed by atoms with van der Waals surface area (Å²) in [7, 11) is 1.98. The van der Waals surface area contributed by atoms with E-state index < -0.39 is 0 Å². The minimum atomic E-state index is -0.0984. The first-order chi connectivity index (χ1) is 5.81. The second-order valence-electron chi connectivity index (χ2n) is 3.99. The van der Waals surface area contributed by atoms with Crippen molar-refractivity contribution in [2.24, 2.45) is 0 Å². The Bertz CT molecular complexity index is 163. The van der Waals surface area contributed by atoms with E-state index in [4.69, 9.17) is 0 Å². The van der Waals surface area contributed by atoms with E-state index in [1.807, 2.05) is 7.05 Å². The van der Waals surface area contributed by atoms with E-state index in [9.17, 15) is 5.11 Å². The molecule has 3 atom stereocenters. The average Bonchev–Trinajstić information content (AvgIpc) is 2.52. The van der Waals surface area contributed by atoms with Crippen molar-refractivity contribution in [2.45, 2.75) is 37.5 Å². The fraction of sp³-hybridized carbons (Fsp3) is 1.00. The first-order valence-electron chi connectivity index (χ1n) is 4.90. The van der Waals surface area contributed by atoms with Crippen LogP contribution in [-0.2, 0) is 0 Å². The van der Waals surface area contributed by atoms with Crippen LogP contribution in [0.4, 0.5) is 0 Å². The second-order valence-corrected chi connectivity index (χ2v) is 3.99. The van der Waals surface area contributed by atoms with E-state index in [0.29, 0.717) is 12.1 Å². The largest absolute Gasteiger partial charge is 0.391 e. The number of nitrogens with zero attached hydrogens (tertiary/aromatic N) is 1. The molecule has 2 fully saturated rings. The molecular weight excluding hydrogens is 152 g/mol. The molecule has 2 N–H and O–H groups in total. The Kier molecular flexibility index (Phi) is 2.35. The molecule has 0 aromatic rings. The standard InChI is InChI=1S/C9H18N2O/c1-10-7-5-9(12)8-3-2-4-11(8)6-7/h7-10,12H,2-6H2,1H3. The van der Waals surface area contributed by atoms with Crippen molar-refractivity contribution in [1.82, 2.24) is 10.2 Å². The summed E-state index contributed by atoms with van der Waals surface area (Å²) >= 11 is 0. The van der Waals surface area contributed by atoms with E-state index in [2.05, 4.69) is 10.2 Å². The van der Waals surface area contributed by atoms with Crippen LogP contribution in [0, 0.1) is 0 Å². The van der Waals surface area contributed by atoms with Gasteiger partial charge in [0.2, 0.25) is 0 Å². The van der Waals surface area contributed by atoms with E-state index >= 15 is 0 Å². The lowest BCUT2D eigenvalue weighted by Gasteiger charge is -2.38. The predicted molar refractivity (Wildman–Crippen MR) is 48.1 cm³/mol. The molecule has 0 bridgehead atoms. The molecule has 0 amide bonds. The lowest BCUT2D eigenvalue weighted by atomic mass is 9.96. The highest BCUT2D eigenvalue weighted by Gasteiger charge is 2.36. The second kappa shape index (κ2) is 3.32. The predicted octanol–water partition coefficient (Wildman–Crippen LogP) is -0.197. The fourth-order valence-corrected chi connectivity index (χ4v) is 2.53. The molecule has 3 heteroatoms. The quantitative estimate of drug-likeness (QED) is 0.572. The topological polar surface area (TPSA) is 35.5 Å². The van der Waals surface area contributed by atoms with Gasteiger partial charge in [-0.15, -0.1) is 0 Å². The van der Waals surface area contributed by atoms with Gasteiger partial charge in [-0.1, -0.05) is 0 Å². The third-order valence-corrected chi connectivity index (χ3v) is 3.25. The maximum Gasteiger partial charge on any atom is 0.0710 e. The lowest BCUT2D eigenvalue weighted by Crippen LogP contribution is -2.53. The van der Waals surface area contributed by atoms with E-state index in [-0.39, 0.29) is 6.10 Å². The number of nitrogens with one attached hydrogen (secondary N) is 1. The maximum atomic E-state index is 9.80. The Hall–Kier alpha value is -0.120. The summed E-state index contributed by atoms with van der Waals surface area (Å²) in [6.07, 6.45) is 3.28. The third-order valence-electron chi connectivity index (χ3n) is 3.25. The van der Waals surface area contributed by atoms with Gasteiger partial charge in [0.05, 0.1) is 6.10 Å². The van der Waals surface area contributed by atoms with Gasteiger partial charge in [-0.05, 0) is 32.9 Å². The Morgan fingerprint density at radius 1 is 1.50 bits per heavy atom. The van der Waals surface area contributed by atoms with Gasteiger partial charge >= 0.3 is 0 Å². The summed E-state index contributed by atoms with van der Waals surface area (Å²) in [4.78, 5) is 2.43. The van der Waals surface area contributed by atoms with Crippen LogP contribution in [0.1, 0.15) is 19.3 Å². The fourth-order valence-electron chi connectivity index (χ4n) is 2.53. The normalized spacial score (nSPS) is 43.0. The molecule has 12 heavy (non-hydrogen) atoms. The zero-order chi connectivity index (χ0) is 8.55. The van der Waals surface area contributed by atoms with E-state index in [0.717, 1.165) is 13.0 Å². The van der Waals surface area contributed by atoms with Crippen molar-refractivity contribution in [1.29, 1.82) is 0 Å². The summed E-state index contributed by atoms with van der Waals surface area (Å²) in [6, 6.07) is 0.962. The molecule has 2 aliphatic heterocycles. The number of aliphatic hydroxyl groups is 1. The zero-order valence-electron chi connectivity index (χ0n) is 7.66. The van der Waals surface area contributed by atoms with Crippen LogP contribution in [-0.4, -0.2) is 48.3 Å². The molecule has 0 aliphatic carbocycles. The van der Waals surface area contributed by atoms with Crippen LogP contribution in [0.25, 0.3) is 0 Å². The summed E-state index contributed by atoms with van der Waals surface area (Å²) < 4.78 is 0. The maximum absolute atomic E-state index is 9.80. The average molecular weight is 170 g/mol. The van der Waals surface area contributed by atoms with Gasteiger partial charge in [0.15, 0.2) is 0 Å². The van der Waals surface area contributed by atoms with Crippen molar-refractivity contribution >= 4 is 0 Å². The lowest BCUT2D eigenvalue weighted by molar-refractivity contribution is 0.0195. The van der Waals surface area contributed by atoms with Crippen molar-refractivity contribution < 1.29 is 5.11 Å². The molecule has 3 unspecified atom stereocenters. The molecule has 0 spiro atoms. The van der Waals surface area contributed by atoms with Crippen LogP contribution in [0.3, 0.4) is 0 Å². The Labute approximate surface area is 73.8 Å². The van der Waals surface area contributed by atoms with Gasteiger partial charge in [-0.3, -0.25) is 4.90 Å². The van der Waals surface area contributed by atoms with Crippen LogP contribution < -0.4 is 5.32 Å². The SMILES string of the molecule is CNC1CC(O)C2CCCN2C1. The van der Waals surface area contributed by atoms with Gasteiger partial charge in [0.1, 0.15) is 0 Å². The van der Waals surface area contributed by atoms with Crippen LogP contribution in [0.2, 0.25) is 0 Å². The van der Waals surface area contributed by atoms with Crippen molar-refractivity contribution in [3.63, 3.8) is 0 Å². The smallest absolute Gasteiger partial charge is 0.0710 e. The van der Waals surface area contributed by atoms with E-state index in [1.54, 1.807) is 0 Å². The summed E-state index contributed by atoms with van der Waals surface area (Å²) in [5.41, 5.74) is 0. The first kappa shape index (κ1) is 8.48. The summed E-state index contributed by atoms with van der Waals surface area (Å²) in [5.74, 6) is 0. The molecule has 0 radical (unpaired) electrons. The van der Waals surface area contributed by atoms with Crippen molar-refractivity contribution in [3.8, 4) is 0 Å². The number of hydrogen-bond acceptors (Lipinski definition) is 3. The number of fused-ring (bicyclic) bond motifs is 1. The molecule has 2 heterocycles. The van der Waals surface area contributed by atoms with Gasteiger partial charge in [-0.2, -0.15) is 0 Å². The van der Waals surface area contributed by atoms with Crippen LogP contribution in [0.5, 0.6) is 0 Å². The van der Waals surface area contributed by atoms with Crippen molar-refractivity contribution in [3.05, 3.63) is 0 Å². The van der Waals surface area contributed by atoms with Gasteiger partial charge in [-0.25, -0.2) is 0 Å². The van der Waals surface area contributed by atoms with E-state index in [1.165, 1.54) is 19.4 Å². The van der Waals surface area contributed by atoms with Crippen molar-refractivity contribution in [2.75, 3.05) is 20.1 Å². The molecule has 2 saturated heterocycles. The Morgan fingerprint density at radius 3 is 3.08 bits per heavy atom. The highest BCUT2D eigenvalue weighted by atomic mass is 16.3. The molecule has 0 aromatic carbocycles. The first-order valence-corrected chi connectivity index (χ1v) is 4.90. The Morgan fingerprint density at radius 2 is 2.33 bits per heavy atom. The molecule has 3 nitrogen and oxygen atoms in total. The number of rotatable bonds is 1. The summed E-state index contributed by atoms with van der Waals surface area (Å²) in [5, 5.41) is 13.0. The molecule has 70 valence electrons. The molecular formula is C9H18N2O. The molecule has 2 rings (SSSR count).